The number of rotatable bonds is 6. The molecule has 0 spiro atoms. The fourth-order valence-corrected chi connectivity index (χ4v) is 3.05. The van der Waals surface area contributed by atoms with Gasteiger partial charge in [-0.25, -0.2) is 0 Å². The summed E-state index contributed by atoms with van der Waals surface area (Å²) < 4.78 is 0. The van der Waals surface area contributed by atoms with Gasteiger partial charge in [0.05, 0.1) is 0 Å². The van der Waals surface area contributed by atoms with Crippen LogP contribution in [0.4, 0.5) is 5.69 Å². The van der Waals surface area contributed by atoms with Crippen LogP contribution < -0.4 is 5.32 Å². The van der Waals surface area contributed by atoms with Crippen LogP contribution in [0.5, 0.6) is 0 Å². The number of hydrogen-bond donors (Lipinski definition) is 1. The van der Waals surface area contributed by atoms with Crippen molar-refractivity contribution in [1.82, 2.24) is 4.90 Å². The molecule has 0 bridgehead atoms. The summed E-state index contributed by atoms with van der Waals surface area (Å²) in [4.78, 5) is 2.66. The van der Waals surface area contributed by atoms with Gasteiger partial charge in [-0.05, 0) is 50.1 Å². The molecule has 2 rings (SSSR count). The lowest BCUT2D eigenvalue weighted by Gasteiger charge is -2.35. The van der Waals surface area contributed by atoms with Gasteiger partial charge in [-0.3, -0.25) is 4.90 Å². The van der Waals surface area contributed by atoms with Gasteiger partial charge >= 0.3 is 0 Å². The molecule has 1 unspecified atom stereocenters. The molecule has 1 atom stereocenters. The molecule has 0 amide bonds. The van der Waals surface area contributed by atoms with Crippen LogP contribution in [0.1, 0.15) is 39.0 Å². The van der Waals surface area contributed by atoms with E-state index < -0.39 is 0 Å². The molecule has 106 valence electrons. The van der Waals surface area contributed by atoms with Crippen LogP contribution in [-0.4, -0.2) is 30.6 Å². The van der Waals surface area contributed by atoms with Gasteiger partial charge in [0.15, 0.2) is 0 Å². The Kier molecular flexibility index (Phi) is 5.99. The molecule has 1 N–H and O–H groups in total. The average molecular weight is 281 g/mol. The third kappa shape index (κ3) is 4.70. The zero-order chi connectivity index (χ0) is 13.5. The van der Waals surface area contributed by atoms with E-state index >= 15 is 0 Å². The van der Waals surface area contributed by atoms with E-state index in [2.05, 4.69) is 17.1 Å². The zero-order valence-corrected chi connectivity index (χ0v) is 12.6. The quantitative estimate of drug-likeness (QED) is 0.830. The summed E-state index contributed by atoms with van der Waals surface area (Å²) >= 11 is 5.89. The predicted molar refractivity (Wildman–Crippen MR) is 84.1 cm³/mol. The smallest absolute Gasteiger partial charge is 0.0407 e. The number of nitrogens with one attached hydrogen (secondary N) is 1. The molecule has 1 fully saturated rings. The lowest BCUT2D eigenvalue weighted by molar-refractivity contribution is 0.145. The molecule has 1 aromatic carbocycles. The highest BCUT2D eigenvalue weighted by atomic mass is 35.5. The zero-order valence-electron chi connectivity index (χ0n) is 11.9. The maximum Gasteiger partial charge on any atom is 0.0407 e. The first kappa shape index (κ1) is 14.7. The second-order valence-corrected chi connectivity index (χ2v) is 5.84. The first-order valence-corrected chi connectivity index (χ1v) is 7.91. The van der Waals surface area contributed by atoms with Gasteiger partial charge in [-0.15, -0.1) is 0 Å². The van der Waals surface area contributed by atoms with E-state index in [4.69, 9.17) is 11.6 Å². The van der Waals surface area contributed by atoms with Gasteiger partial charge in [0.1, 0.15) is 0 Å². The third-order valence-electron chi connectivity index (χ3n) is 3.94. The number of likely N-dealkylation sites (tertiary alicyclic amines) is 1. The van der Waals surface area contributed by atoms with Crippen LogP contribution in [-0.2, 0) is 0 Å². The second-order valence-electron chi connectivity index (χ2n) is 5.41. The molecule has 2 nitrogen and oxygen atoms in total. The van der Waals surface area contributed by atoms with Crippen molar-refractivity contribution in [2.24, 2.45) is 0 Å². The van der Waals surface area contributed by atoms with Gasteiger partial charge in [-0.1, -0.05) is 31.4 Å². The molecule has 1 aliphatic rings. The van der Waals surface area contributed by atoms with Crippen molar-refractivity contribution in [3.8, 4) is 0 Å². The molecule has 1 heterocycles. The lowest BCUT2D eigenvalue weighted by Crippen LogP contribution is -2.41. The monoisotopic (exact) mass is 280 g/mol. The second kappa shape index (κ2) is 7.76. The molecule has 1 aromatic rings. The van der Waals surface area contributed by atoms with E-state index in [1.165, 1.54) is 38.6 Å². The summed E-state index contributed by atoms with van der Waals surface area (Å²) in [5, 5.41) is 4.28. The molecule has 1 saturated heterocycles. The van der Waals surface area contributed by atoms with E-state index in [-0.39, 0.29) is 0 Å². The van der Waals surface area contributed by atoms with E-state index in [9.17, 15) is 0 Å². The van der Waals surface area contributed by atoms with Gasteiger partial charge in [0.25, 0.3) is 0 Å². The Morgan fingerprint density at radius 1 is 1.26 bits per heavy atom. The summed E-state index contributed by atoms with van der Waals surface area (Å²) in [7, 11) is 0. The molecule has 0 saturated carbocycles. The summed E-state index contributed by atoms with van der Waals surface area (Å²) in [5.74, 6) is 0. The number of halogens is 1. The molecule has 1 aliphatic heterocycles. The van der Waals surface area contributed by atoms with E-state index in [0.717, 1.165) is 29.8 Å². The van der Waals surface area contributed by atoms with Crippen LogP contribution in [0.15, 0.2) is 24.3 Å². The summed E-state index contributed by atoms with van der Waals surface area (Å²) in [6.07, 6.45) is 6.80. The topological polar surface area (TPSA) is 15.3 Å². The highest BCUT2D eigenvalue weighted by molar-refractivity contribution is 6.30. The van der Waals surface area contributed by atoms with Crippen LogP contribution in [0.3, 0.4) is 0 Å². The summed E-state index contributed by atoms with van der Waals surface area (Å²) in [6, 6.07) is 8.77. The molecule has 0 aromatic heterocycles. The van der Waals surface area contributed by atoms with Gasteiger partial charge in [-0.2, -0.15) is 0 Å². The molecule has 19 heavy (non-hydrogen) atoms. The van der Waals surface area contributed by atoms with Crippen molar-refractivity contribution in [2.75, 3.05) is 25.0 Å². The number of hydrogen-bond acceptors (Lipinski definition) is 2. The first-order valence-electron chi connectivity index (χ1n) is 7.53. The molecule has 0 radical (unpaired) electrons. The van der Waals surface area contributed by atoms with Crippen LogP contribution in [0.2, 0.25) is 5.02 Å². The van der Waals surface area contributed by atoms with Gasteiger partial charge < -0.3 is 5.32 Å². The van der Waals surface area contributed by atoms with E-state index in [1.807, 2.05) is 24.3 Å². The summed E-state index contributed by atoms with van der Waals surface area (Å²) in [6.45, 7) is 5.72. The van der Waals surface area contributed by atoms with Crippen molar-refractivity contribution >= 4 is 17.3 Å². The minimum atomic E-state index is 0.796. The highest BCUT2D eigenvalue weighted by Gasteiger charge is 2.20. The first-order chi connectivity index (χ1) is 9.29. The largest absolute Gasteiger partial charge is 0.384 e. The van der Waals surface area contributed by atoms with Crippen molar-refractivity contribution < 1.29 is 0 Å². The van der Waals surface area contributed by atoms with Gasteiger partial charge in [0, 0.05) is 29.8 Å². The molecular formula is C16H25ClN2. The number of anilines is 1. The molecular weight excluding hydrogens is 256 g/mol. The van der Waals surface area contributed by atoms with Crippen LogP contribution in [0, 0.1) is 0 Å². The normalized spacial score (nSPS) is 20.4. The Hall–Kier alpha value is -0.730. The molecule has 0 aliphatic carbocycles. The van der Waals surface area contributed by atoms with Gasteiger partial charge in [0.2, 0.25) is 0 Å². The number of nitrogens with zero attached hydrogens (tertiary/aromatic N) is 1. The molecule has 3 heteroatoms. The van der Waals surface area contributed by atoms with Crippen LogP contribution >= 0.6 is 11.6 Å². The number of piperidine rings is 1. The van der Waals surface area contributed by atoms with Crippen molar-refractivity contribution in [3.05, 3.63) is 29.3 Å². The predicted octanol–water partition coefficient (Wildman–Crippen LogP) is 4.41. The fourth-order valence-electron chi connectivity index (χ4n) is 2.93. The third-order valence-corrected chi connectivity index (χ3v) is 4.20. The minimum Gasteiger partial charge on any atom is -0.384 e. The van der Waals surface area contributed by atoms with Crippen molar-refractivity contribution in [1.29, 1.82) is 0 Å². The standard InChI is InChI=1S/C16H25ClN2/c1-2-5-16-6-3-4-12-19(16)13-11-18-15-9-7-14(17)8-10-15/h7-10,16,18H,2-6,11-13H2,1H3. The maximum atomic E-state index is 5.89. The Morgan fingerprint density at radius 3 is 2.79 bits per heavy atom. The van der Waals surface area contributed by atoms with Crippen molar-refractivity contribution in [3.63, 3.8) is 0 Å². The van der Waals surface area contributed by atoms with E-state index in [0.29, 0.717) is 0 Å². The Balaban J connectivity index is 1.75. The maximum absolute atomic E-state index is 5.89. The SMILES string of the molecule is CCCC1CCCCN1CCNc1ccc(Cl)cc1. The van der Waals surface area contributed by atoms with Crippen LogP contribution in [0.25, 0.3) is 0 Å². The minimum absolute atomic E-state index is 0.796. The Bertz CT molecular complexity index is 362. The Labute approximate surface area is 122 Å². The Morgan fingerprint density at radius 2 is 2.05 bits per heavy atom. The van der Waals surface area contributed by atoms with E-state index in [1.54, 1.807) is 0 Å². The lowest BCUT2D eigenvalue weighted by atomic mass is 9.98. The highest BCUT2D eigenvalue weighted by Crippen LogP contribution is 2.20. The van der Waals surface area contributed by atoms with Crippen molar-refractivity contribution in [2.45, 2.75) is 45.1 Å². The number of benzene rings is 1. The summed E-state index contributed by atoms with van der Waals surface area (Å²) in [5.41, 5.74) is 1.16. The average Bonchev–Trinajstić information content (AvgIpc) is 2.43. The fraction of sp³-hybridized carbons (Fsp3) is 0.625.